The minimum absolute atomic E-state index is 0.156. The molecule has 0 radical (unpaired) electrons. The van der Waals surface area contributed by atoms with Gasteiger partial charge < -0.3 is 9.52 Å². The maximum absolute atomic E-state index is 10.8. The molecule has 1 N–H and O–H groups in total. The second-order valence-corrected chi connectivity index (χ2v) is 6.87. The van der Waals surface area contributed by atoms with Crippen LogP contribution in [0.15, 0.2) is 22.8 Å². The third kappa shape index (κ3) is 2.17. The topological polar surface area (TPSA) is 33.4 Å². The highest BCUT2D eigenvalue weighted by Crippen LogP contribution is 2.53. The van der Waals surface area contributed by atoms with E-state index < -0.39 is 5.60 Å². The fourth-order valence-corrected chi connectivity index (χ4v) is 3.78. The lowest BCUT2D eigenvalue weighted by atomic mass is 9.59. The van der Waals surface area contributed by atoms with Gasteiger partial charge in [-0.15, -0.1) is 0 Å². The van der Waals surface area contributed by atoms with Crippen LogP contribution in [-0.2, 0) is 5.60 Å². The summed E-state index contributed by atoms with van der Waals surface area (Å²) >= 11 is 0. The zero-order chi connectivity index (χ0) is 12.0. The van der Waals surface area contributed by atoms with Gasteiger partial charge in [0.05, 0.1) is 6.26 Å². The van der Waals surface area contributed by atoms with Crippen molar-refractivity contribution in [1.82, 2.24) is 0 Å². The van der Waals surface area contributed by atoms with Gasteiger partial charge in [0.1, 0.15) is 11.4 Å². The van der Waals surface area contributed by atoms with Gasteiger partial charge in [-0.2, -0.15) is 0 Å². The first-order valence-electron chi connectivity index (χ1n) is 5.99. The molecule has 16 heavy (non-hydrogen) atoms. The largest absolute Gasteiger partial charge is 0.466 e. The van der Waals surface area contributed by atoms with E-state index in [0.717, 1.165) is 19.3 Å². The monoisotopic (exact) mass is 222 g/mol. The van der Waals surface area contributed by atoms with Crippen LogP contribution in [0.4, 0.5) is 0 Å². The van der Waals surface area contributed by atoms with Crippen LogP contribution in [0.3, 0.4) is 0 Å². The van der Waals surface area contributed by atoms with Crippen molar-refractivity contribution in [3.8, 4) is 0 Å². The molecular weight excluding hydrogens is 200 g/mol. The Morgan fingerprint density at radius 1 is 1.06 bits per heavy atom. The summed E-state index contributed by atoms with van der Waals surface area (Å²) in [5.41, 5.74) is -0.485. The van der Waals surface area contributed by atoms with E-state index in [4.69, 9.17) is 4.42 Å². The Bertz CT molecular complexity index is 344. The Balaban J connectivity index is 2.35. The molecular formula is C14H22O2. The minimum atomic E-state index is -0.797. The molecule has 0 atom stereocenters. The van der Waals surface area contributed by atoms with Crippen LogP contribution in [0, 0.1) is 10.8 Å². The highest BCUT2D eigenvalue weighted by molar-refractivity contribution is 5.13. The number of hydrogen-bond acceptors (Lipinski definition) is 2. The molecule has 0 spiro atoms. The second-order valence-electron chi connectivity index (χ2n) is 6.87. The molecule has 1 aromatic rings. The molecule has 2 rings (SSSR count). The maximum Gasteiger partial charge on any atom is 0.135 e. The standard InChI is InChI=1S/C14H22O2/c1-12(2)8-13(3,4)10-14(15,9-12)11-6-5-7-16-11/h5-7,15H,8-10H2,1-4H3. The summed E-state index contributed by atoms with van der Waals surface area (Å²) < 4.78 is 5.41. The molecule has 1 aromatic heterocycles. The highest BCUT2D eigenvalue weighted by atomic mass is 16.4. The molecule has 90 valence electrons. The Labute approximate surface area is 97.7 Å². The molecule has 1 heterocycles. The third-order valence-corrected chi connectivity index (χ3v) is 3.48. The average Bonchev–Trinajstić information content (AvgIpc) is 2.46. The predicted octanol–water partition coefficient (Wildman–Crippen LogP) is 3.70. The van der Waals surface area contributed by atoms with Gasteiger partial charge in [0, 0.05) is 0 Å². The van der Waals surface area contributed by atoms with Crippen molar-refractivity contribution in [3.05, 3.63) is 24.2 Å². The van der Waals surface area contributed by atoms with Crippen molar-refractivity contribution in [2.24, 2.45) is 10.8 Å². The zero-order valence-electron chi connectivity index (χ0n) is 10.7. The molecule has 0 amide bonds. The van der Waals surface area contributed by atoms with Gasteiger partial charge in [-0.3, -0.25) is 0 Å². The second kappa shape index (κ2) is 3.36. The van der Waals surface area contributed by atoms with Crippen LogP contribution in [0.1, 0.15) is 52.7 Å². The quantitative estimate of drug-likeness (QED) is 0.786. The molecule has 1 aliphatic carbocycles. The molecule has 0 bridgehead atoms. The molecule has 0 aliphatic heterocycles. The number of hydrogen-bond donors (Lipinski definition) is 1. The van der Waals surface area contributed by atoms with E-state index in [1.807, 2.05) is 12.1 Å². The fourth-order valence-electron chi connectivity index (χ4n) is 3.78. The average molecular weight is 222 g/mol. The molecule has 0 saturated heterocycles. The lowest BCUT2D eigenvalue weighted by Crippen LogP contribution is -2.43. The SMILES string of the molecule is CC1(C)CC(C)(C)CC(O)(c2ccco2)C1. The summed E-state index contributed by atoms with van der Waals surface area (Å²) in [6.45, 7) is 8.90. The molecule has 1 saturated carbocycles. The maximum atomic E-state index is 10.8. The van der Waals surface area contributed by atoms with Crippen molar-refractivity contribution < 1.29 is 9.52 Å². The summed E-state index contributed by atoms with van der Waals surface area (Å²) in [5.74, 6) is 0.716. The summed E-state index contributed by atoms with van der Waals surface area (Å²) in [6, 6.07) is 3.74. The van der Waals surface area contributed by atoms with E-state index in [1.54, 1.807) is 6.26 Å². The van der Waals surface area contributed by atoms with Gasteiger partial charge in [-0.05, 0) is 42.2 Å². The van der Waals surface area contributed by atoms with Gasteiger partial charge in [0.15, 0.2) is 0 Å². The van der Waals surface area contributed by atoms with Crippen molar-refractivity contribution in [2.45, 2.75) is 52.6 Å². The third-order valence-electron chi connectivity index (χ3n) is 3.48. The van der Waals surface area contributed by atoms with Gasteiger partial charge in [-0.25, -0.2) is 0 Å². The highest BCUT2D eigenvalue weighted by Gasteiger charge is 2.48. The van der Waals surface area contributed by atoms with E-state index in [0.29, 0.717) is 5.76 Å². The first-order chi connectivity index (χ1) is 7.23. The number of aliphatic hydroxyl groups is 1. The number of furan rings is 1. The summed E-state index contributed by atoms with van der Waals surface area (Å²) in [5, 5.41) is 10.8. The Morgan fingerprint density at radius 3 is 2.06 bits per heavy atom. The van der Waals surface area contributed by atoms with Crippen LogP contribution in [-0.4, -0.2) is 5.11 Å². The van der Waals surface area contributed by atoms with Gasteiger partial charge in [-0.1, -0.05) is 27.7 Å². The van der Waals surface area contributed by atoms with Crippen molar-refractivity contribution >= 4 is 0 Å². The zero-order valence-corrected chi connectivity index (χ0v) is 10.7. The first-order valence-corrected chi connectivity index (χ1v) is 5.99. The van der Waals surface area contributed by atoms with E-state index >= 15 is 0 Å². The Kier molecular flexibility index (Phi) is 2.46. The smallest absolute Gasteiger partial charge is 0.135 e. The van der Waals surface area contributed by atoms with E-state index in [9.17, 15) is 5.11 Å². The molecule has 2 nitrogen and oxygen atoms in total. The Morgan fingerprint density at radius 2 is 1.62 bits per heavy atom. The first kappa shape index (κ1) is 11.7. The molecule has 0 unspecified atom stereocenters. The van der Waals surface area contributed by atoms with E-state index in [1.165, 1.54) is 0 Å². The lowest BCUT2D eigenvalue weighted by molar-refractivity contribution is -0.103. The van der Waals surface area contributed by atoms with Gasteiger partial charge in [0.25, 0.3) is 0 Å². The van der Waals surface area contributed by atoms with Crippen molar-refractivity contribution in [2.75, 3.05) is 0 Å². The fraction of sp³-hybridized carbons (Fsp3) is 0.714. The van der Waals surface area contributed by atoms with Gasteiger partial charge >= 0.3 is 0 Å². The summed E-state index contributed by atoms with van der Waals surface area (Å²) in [7, 11) is 0. The van der Waals surface area contributed by atoms with Crippen LogP contribution in [0.25, 0.3) is 0 Å². The number of rotatable bonds is 1. The van der Waals surface area contributed by atoms with Crippen LogP contribution < -0.4 is 0 Å². The van der Waals surface area contributed by atoms with Crippen LogP contribution in [0.2, 0.25) is 0 Å². The molecule has 2 heteroatoms. The predicted molar refractivity (Wildman–Crippen MR) is 64.0 cm³/mol. The summed E-state index contributed by atoms with van der Waals surface area (Å²) in [6.07, 6.45) is 4.33. The molecule has 0 aromatic carbocycles. The van der Waals surface area contributed by atoms with Crippen LogP contribution in [0.5, 0.6) is 0 Å². The minimum Gasteiger partial charge on any atom is -0.466 e. The van der Waals surface area contributed by atoms with E-state index in [-0.39, 0.29) is 10.8 Å². The van der Waals surface area contributed by atoms with Crippen LogP contribution >= 0.6 is 0 Å². The normalized spacial score (nSPS) is 26.6. The van der Waals surface area contributed by atoms with Gasteiger partial charge in [0.2, 0.25) is 0 Å². The molecule has 1 aliphatic rings. The Hall–Kier alpha value is -0.760. The van der Waals surface area contributed by atoms with E-state index in [2.05, 4.69) is 27.7 Å². The summed E-state index contributed by atoms with van der Waals surface area (Å²) in [4.78, 5) is 0. The molecule has 1 fully saturated rings. The van der Waals surface area contributed by atoms with Crippen molar-refractivity contribution in [1.29, 1.82) is 0 Å². The lowest BCUT2D eigenvalue weighted by Gasteiger charge is -2.48. The van der Waals surface area contributed by atoms with Crippen molar-refractivity contribution in [3.63, 3.8) is 0 Å².